The quantitative estimate of drug-likeness (QED) is 0.820. The van der Waals surface area contributed by atoms with Gasteiger partial charge in [-0.3, -0.25) is 4.79 Å². The summed E-state index contributed by atoms with van der Waals surface area (Å²) in [7, 11) is 1.60. The first kappa shape index (κ1) is 18.8. The molecule has 0 saturated carbocycles. The number of hydrogen-bond donors (Lipinski definition) is 2. The average molecular weight is 387 g/mol. The number of aromatic nitrogens is 1. The molecule has 2 atom stereocenters. The van der Waals surface area contributed by atoms with Gasteiger partial charge in [-0.1, -0.05) is 5.16 Å². The summed E-state index contributed by atoms with van der Waals surface area (Å²) in [5.41, 5.74) is 1.15. The van der Waals surface area contributed by atoms with Crippen LogP contribution in [0.15, 0.2) is 28.8 Å². The number of hydrogen-bond acceptors (Lipinski definition) is 7. The molecule has 4 rings (SSSR count). The molecule has 0 spiro atoms. The minimum atomic E-state index is -0.947. The van der Waals surface area contributed by atoms with Gasteiger partial charge in [-0.2, -0.15) is 0 Å². The topological polar surface area (TPSA) is 99.3 Å². The van der Waals surface area contributed by atoms with Gasteiger partial charge in [0, 0.05) is 31.7 Å². The van der Waals surface area contributed by atoms with Gasteiger partial charge >= 0.3 is 0 Å². The first-order valence-electron chi connectivity index (χ1n) is 9.63. The molecule has 2 aliphatic rings. The normalized spacial score (nSPS) is 22.5. The van der Waals surface area contributed by atoms with Crippen molar-refractivity contribution in [2.45, 2.75) is 31.5 Å². The zero-order chi connectivity index (χ0) is 19.7. The second-order valence-electron chi connectivity index (χ2n) is 7.31. The van der Waals surface area contributed by atoms with Crippen LogP contribution in [-0.4, -0.2) is 71.7 Å². The van der Waals surface area contributed by atoms with Crippen molar-refractivity contribution in [1.29, 1.82) is 0 Å². The molecule has 2 aliphatic heterocycles. The van der Waals surface area contributed by atoms with Gasteiger partial charge in [-0.25, -0.2) is 0 Å². The molecule has 0 radical (unpaired) electrons. The Morgan fingerprint density at radius 2 is 1.86 bits per heavy atom. The van der Waals surface area contributed by atoms with Crippen molar-refractivity contribution in [3.05, 3.63) is 29.8 Å². The van der Waals surface area contributed by atoms with E-state index in [1.54, 1.807) is 12.0 Å². The van der Waals surface area contributed by atoms with E-state index < -0.39 is 12.2 Å². The summed E-state index contributed by atoms with van der Waals surface area (Å²) in [6, 6.07) is 7.28. The summed E-state index contributed by atoms with van der Waals surface area (Å²) >= 11 is 0. The van der Waals surface area contributed by atoms with Crippen molar-refractivity contribution in [1.82, 2.24) is 10.1 Å². The number of piperidine rings is 1. The van der Waals surface area contributed by atoms with Gasteiger partial charge < -0.3 is 29.3 Å². The SMILES string of the molecule is COc1ccc(-c2onc(N3CCCC3)c2C(=O)N2CC[C@H](O)[C@@H](O)C2)cc1. The molecule has 2 saturated heterocycles. The van der Waals surface area contributed by atoms with E-state index in [0.29, 0.717) is 35.9 Å². The van der Waals surface area contributed by atoms with E-state index in [-0.39, 0.29) is 12.5 Å². The van der Waals surface area contributed by atoms with Crippen LogP contribution < -0.4 is 9.64 Å². The Bertz CT molecular complexity index is 829. The molecule has 1 aromatic carbocycles. The Morgan fingerprint density at radius 1 is 1.14 bits per heavy atom. The lowest BCUT2D eigenvalue weighted by atomic mass is 10.0. The maximum absolute atomic E-state index is 13.4. The fraction of sp³-hybridized carbons (Fsp3) is 0.500. The van der Waals surface area contributed by atoms with E-state index in [1.807, 2.05) is 24.3 Å². The molecule has 8 nitrogen and oxygen atoms in total. The smallest absolute Gasteiger partial charge is 0.261 e. The highest BCUT2D eigenvalue weighted by Gasteiger charge is 2.35. The second-order valence-corrected chi connectivity index (χ2v) is 7.31. The first-order valence-corrected chi connectivity index (χ1v) is 9.63. The van der Waals surface area contributed by atoms with Crippen LogP contribution in [0.1, 0.15) is 29.6 Å². The highest BCUT2D eigenvalue weighted by atomic mass is 16.5. The zero-order valence-corrected chi connectivity index (χ0v) is 15.9. The summed E-state index contributed by atoms with van der Waals surface area (Å²) in [6.45, 7) is 2.13. The van der Waals surface area contributed by atoms with Gasteiger partial charge in [0.05, 0.1) is 19.3 Å². The third-order valence-corrected chi connectivity index (χ3v) is 5.48. The zero-order valence-electron chi connectivity index (χ0n) is 15.9. The van der Waals surface area contributed by atoms with Crippen LogP contribution in [0.25, 0.3) is 11.3 Å². The standard InChI is InChI=1S/C20H25N3O5/c1-27-14-6-4-13(5-7-14)18-17(19(21-28-18)22-9-2-3-10-22)20(26)23-11-8-15(24)16(25)12-23/h4-7,15-16,24-25H,2-3,8-12H2,1H3/t15-,16-/m0/s1. The van der Waals surface area contributed by atoms with Crippen LogP contribution in [0.5, 0.6) is 5.75 Å². The maximum Gasteiger partial charge on any atom is 0.261 e. The number of rotatable bonds is 4. The van der Waals surface area contributed by atoms with E-state index >= 15 is 0 Å². The summed E-state index contributed by atoms with van der Waals surface area (Å²) < 4.78 is 10.8. The molecule has 2 N–H and O–H groups in total. The number of carbonyl (C=O) groups is 1. The number of β-amino-alcohol motifs (C(OH)–C–C–N with tert-alkyl or cyclic N) is 1. The monoisotopic (exact) mass is 387 g/mol. The first-order chi connectivity index (χ1) is 13.6. The third-order valence-electron chi connectivity index (χ3n) is 5.48. The van der Waals surface area contributed by atoms with E-state index in [1.165, 1.54) is 0 Å². The Kier molecular flexibility index (Phi) is 5.23. The minimum Gasteiger partial charge on any atom is -0.497 e. The molecule has 0 bridgehead atoms. The second kappa shape index (κ2) is 7.81. The summed E-state index contributed by atoms with van der Waals surface area (Å²) in [5.74, 6) is 1.44. The molecule has 2 aromatic rings. The number of benzene rings is 1. The van der Waals surface area contributed by atoms with Crippen LogP contribution in [0.2, 0.25) is 0 Å². The third kappa shape index (κ3) is 3.45. The Labute approximate surface area is 163 Å². The predicted octanol–water partition coefficient (Wildman–Crippen LogP) is 1.52. The molecular weight excluding hydrogens is 362 g/mol. The molecule has 28 heavy (non-hydrogen) atoms. The predicted molar refractivity (Wildman–Crippen MR) is 102 cm³/mol. The summed E-state index contributed by atoms with van der Waals surface area (Å²) in [4.78, 5) is 17.0. The Balaban J connectivity index is 1.71. The molecule has 1 aromatic heterocycles. The van der Waals surface area contributed by atoms with Gasteiger partial charge in [-0.05, 0) is 43.5 Å². The number of amides is 1. The van der Waals surface area contributed by atoms with Gasteiger partial charge in [0.15, 0.2) is 11.6 Å². The molecule has 0 unspecified atom stereocenters. The summed E-state index contributed by atoms with van der Waals surface area (Å²) in [6.07, 6.45) is 0.692. The van der Waals surface area contributed by atoms with Crippen molar-refractivity contribution in [2.24, 2.45) is 0 Å². The molecule has 8 heteroatoms. The Hall–Kier alpha value is -2.58. The van der Waals surface area contributed by atoms with E-state index in [0.717, 1.165) is 31.5 Å². The largest absolute Gasteiger partial charge is 0.497 e. The number of aliphatic hydroxyl groups is 2. The lowest BCUT2D eigenvalue weighted by molar-refractivity contribution is -0.0321. The van der Waals surface area contributed by atoms with Gasteiger partial charge in [0.1, 0.15) is 11.3 Å². The van der Waals surface area contributed by atoms with Crippen molar-refractivity contribution in [3.8, 4) is 17.1 Å². The lowest BCUT2D eigenvalue weighted by Crippen LogP contribution is -2.49. The van der Waals surface area contributed by atoms with Gasteiger partial charge in [0.2, 0.25) is 0 Å². The number of carbonyl (C=O) groups excluding carboxylic acids is 1. The highest BCUT2D eigenvalue weighted by molar-refractivity contribution is 6.04. The van der Waals surface area contributed by atoms with Crippen molar-refractivity contribution in [2.75, 3.05) is 38.2 Å². The fourth-order valence-corrected chi connectivity index (χ4v) is 3.82. The number of ether oxygens (including phenoxy) is 1. The highest BCUT2D eigenvalue weighted by Crippen LogP contribution is 2.35. The molecule has 0 aliphatic carbocycles. The fourth-order valence-electron chi connectivity index (χ4n) is 3.82. The van der Waals surface area contributed by atoms with Crippen LogP contribution in [0, 0.1) is 0 Å². The minimum absolute atomic E-state index is 0.0900. The number of nitrogens with zero attached hydrogens (tertiary/aromatic N) is 3. The Morgan fingerprint density at radius 3 is 2.50 bits per heavy atom. The van der Waals surface area contributed by atoms with Crippen molar-refractivity contribution >= 4 is 11.7 Å². The van der Waals surface area contributed by atoms with Crippen LogP contribution in [0.4, 0.5) is 5.82 Å². The van der Waals surface area contributed by atoms with Crippen LogP contribution in [0.3, 0.4) is 0 Å². The van der Waals surface area contributed by atoms with E-state index in [2.05, 4.69) is 10.1 Å². The number of likely N-dealkylation sites (tertiary alicyclic amines) is 1. The number of anilines is 1. The number of aliphatic hydroxyl groups excluding tert-OH is 2. The molecule has 1 amide bonds. The van der Waals surface area contributed by atoms with E-state index in [4.69, 9.17) is 9.26 Å². The van der Waals surface area contributed by atoms with Gasteiger partial charge in [0.25, 0.3) is 5.91 Å². The lowest BCUT2D eigenvalue weighted by Gasteiger charge is -2.33. The van der Waals surface area contributed by atoms with Gasteiger partial charge in [-0.15, -0.1) is 0 Å². The average Bonchev–Trinajstić information content (AvgIpc) is 3.39. The van der Waals surface area contributed by atoms with Crippen molar-refractivity contribution < 1.29 is 24.3 Å². The molecule has 2 fully saturated rings. The molecular formula is C20H25N3O5. The summed E-state index contributed by atoms with van der Waals surface area (Å²) in [5, 5.41) is 24.0. The maximum atomic E-state index is 13.4. The van der Waals surface area contributed by atoms with Crippen molar-refractivity contribution in [3.63, 3.8) is 0 Å². The number of methoxy groups -OCH3 is 1. The molecule has 3 heterocycles. The van der Waals surface area contributed by atoms with E-state index in [9.17, 15) is 15.0 Å². The van der Waals surface area contributed by atoms with Crippen LogP contribution in [-0.2, 0) is 0 Å². The molecule has 150 valence electrons. The van der Waals surface area contributed by atoms with Crippen LogP contribution >= 0.6 is 0 Å².